The molecule has 0 spiro atoms. The highest BCUT2D eigenvalue weighted by molar-refractivity contribution is 5.95. The van der Waals surface area contributed by atoms with Crippen LogP contribution >= 0.6 is 0 Å². The standard InChI is InChI=1S/C22H27N3O2/c1-24(2)16-19-7-5-18(6-8-19)15-23-21(26)14-17-9-11-20(12-10-17)25-13-3-4-22(25)27/h5-12H,3-4,13-16H2,1-2H3,(H,23,26)/p+1. The van der Waals surface area contributed by atoms with E-state index in [0.717, 1.165) is 36.3 Å². The van der Waals surface area contributed by atoms with E-state index >= 15 is 0 Å². The molecule has 0 aromatic heterocycles. The summed E-state index contributed by atoms with van der Waals surface area (Å²) in [7, 11) is 4.26. The zero-order valence-electron chi connectivity index (χ0n) is 16.1. The SMILES string of the molecule is C[NH+](C)Cc1ccc(CNC(=O)Cc2ccc(N3CCCC3=O)cc2)cc1. The number of nitrogens with one attached hydrogen (secondary N) is 2. The van der Waals surface area contributed by atoms with Gasteiger partial charge in [-0.15, -0.1) is 0 Å². The number of amides is 2. The molecule has 1 fully saturated rings. The number of anilines is 1. The van der Waals surface area contributed by atoms with Crippen molar-refractivity contribution in [3.05, 3.63) is 65.2 Å². The third kappa shape index (κ3) is 5.41. The fraction of sp³-hybridized carbons (Fsp3) is 0.364. The molecular weight excluding hydrogens is 338 g/mol. The molecule has 2 amide bonds. The maximum atomic E-state index is 12.2. The van der Waals surface area contributed by atoms with E-state index in [-0.39, 0.29) is 11.8 Å². The fourth-order valence-electron chi connectivity index (χ4n) is 3.35. The molecule has 0 atom stereocenters. The highest BCUT2D eigenvalue weighted by atomic mass is 16.2. The van der Waals surface area contributed by atoms with E-state index < -0.39 is 0 Å². The van der Waals surface area contributed by atoms with Crippen LogP contribution in [0.5, 0.6) is 0 Å². The molecule has 2 aromatic carbocycles. The van der Waals surface area contributed by atoms with E-state index in [1.807, 2.05) is 29.2 Å². The lowest BCUT2D eigenvalue weighted by molar-refractivity contribution is -0.872. The lowest BCUT2D eigenvalue weighted by Crippen LogP contribution is -3.04. The first kappa shape index (κ1) is 19.1. The van der Waals surface area contributed by atoms with Gasteiger partial charge in [-0.1, -0.05) is 36.4 Å². The van der Waals surface area contributed by atoms with Crippen molar-refractivity contribution in [3.8, 4) is 0 Å². The lowest BCUT2D eigenvalue weighted by Gasteiger charge is -2.15. The van der Waals surface area contributed by atoms with Crippen molar-refractivity contribution in [2.75, 3.05) is 25.5 Å². The van der Waals surface area contributed by atoms with E-state index in [0.29, 0.717) is 19.4 Å². The number of quaternary nitrogens is 1. The quantitative estimate of drug-likeness (QED) is 0.777. The van der Waals surface area contributed by atoms with E-state index in [4.69, 9.17) is 0 Å². The molecule has 1 aliphatic heterocycles. The highest BCUT2D eigenvalue weighted by Crippen LogP contribution is 2.21. The van der Waals surface area contributed by atoms with Gasteiger partial charge in [-0.25, -0.2) is 0 Å². The van der Waals surface area contributed by atoms with Crippen molar-refractivity contribution in [2.24, 2.45) is 0 Å². The van der Waals surface area contributed by atoms with Crippen LogP contribution in [-0.4, -0.2) is 32.5 Å². The second-order valence-electron chi connectivity index (χ2n) is 7.47. The van der Waals surface area contributed by atoms with Gasteiger partial charge in [0.1, 0.15) is 6.54 Å². The molecule has 3 rings (SSSR count). The fourth-order valence-corrected chi connectivity index (χ4v) is 3.35. The van der Waals surface area contributed by atoms with E-state index in [9.17, 15) is 9.59 Å². The molecule has 1 aliphatic rings. The van der Waals surface area contributed by atoms with E-state index in [1.165, 1.54) is 10.5 Å². The van der Waals surface area contributed by atoms with Crippen LogP contribution in [0.2, 0.25) is 0 Å². The van der Waals surface area contributed by atoms with Crippen molar-refractivity contribution in [1.82, 2.24) is 5.32 Å². The van der Waals surface area contributed by atoms with Crippen LogP contribution in [0.15, 0.2) is 48.5 Å². The van der Waals surface area contributed by atoms with Crippen molar-refractivity contribution in [1.29, 1.82) is 0 Å². The molecule has 5 nitrogen and oxygen atoms in total. The zero-order valence-corrected chi connectivity index (χ0v) is 16.1. The average molecular weight is 366 g/mol. The molecule has 0 bridgehead atoms. The average Bonchev–Trinajstić information content (AvgIpc) is 3.07. The third-order valence-corrected chi connectivity index (χ3v) is 4.76. The Morgan fingerprint density at radius 3 is 2.22 bits per heavy atom. The number of benzene rings is 2. The number of carbonyl (C=O) groups is 2. The van der Waals surface area contributed by atoms with Crippen LogP contribution in [0.25, 0.3) is 0 Å². The second-order valence-corrected chi connectivity index (χ2v) is 7.47. The monoisotopic (exact) mass is 366 g/mol. The number of hydrogen-bond donors (Lipinski definition) is 2. The highest BCUT2D eigenvalue weighted by Gasteiger charge is 2.21. The number of hydrogen-bond acceptors (Lipinski definition) is 2. The zero-order chi connectivity index (χ0) is 19.2. The van der Waals surface area contributed by atoms with Crippen LogP contribution in [-0.2, 0) is 29.1 Å². The minimum absolute atomic E-state index is 0.00168. The molecule has 0 aliphatic carbocycles. The normalized spacial score (nSPS) is 14.0. The van der Waals surface area contributed by atoms with E-state index in [2.05, 4.69) is 43.7 Å². The Balaban J connectivity index is 1.48. The maximum absolute atomic E-state index is 12.2. The minimum Gasteiger partial charge on any atom is -0.352 e. The first-order valence-electron chi connectivity index (χ1n) is 9.54. The van der Waals surface area contributed by atoms with Gasteiger partial charge >= 0.3 is 0 Å². The predicted molar refractivity (Wildman–Crippen MR) is 107 cm³/mol. The van der Waals surface area contributed by atoms with Gasteiger partial charge in [0.2, 0.25) is 11.8 Å². The Hall–Kier alpha value is -2.66. The first-order chi connectivity index (χ1) is 13.0. The topological polar surface area (TPSA) is 53.9 Å². The molecule has 0 radical (unpaired) electrons. The third-order valence-electron chi connectivity index (χ3n) is 4.76. The first-order valence-corrected chi connectivity index (χ1v) is 9.54. The molecule has 1 saturated heterocycles. The van der Waals surface area contributed by atoms with Crippen molar-refractivity contribution in [2.45, 2.75) is 32.4 Å². The summed E-state index contributed by atoms with van der Waals surface area (Å²) >= 11 is 0. The Bertz CT molecular complexity index is 782. The summed E-state index contributed by atoms with van der Waals surface area (Å²) in [6.07, 6.45) is 1.89. The predicted octanol–water partition coefficient (Wildman–Crippen LogP) is 1.32. The molecule has 2 N–H and O–H groups in total. The summed E-state index contributed by atoms with van der Waals surface area (Å²) in [6, 6.07) is 16.1. The molecule has 1 heterocycles. The summed E-state index contributed by atoms with van der Waals surface area (Å²) in [4.78, 5) is 27.2. The van der Waals surface area contributed by atoms with Crippen molar-refractivity contribution in [3.63, 3.8) is 0 Å². The van der Waals surface area contributed by atoms with Crippen LogP contribution in [0.3, 0.4) is 0 Å². The van der Waals surface area contributed by atoms with Gasteiger partial charge in [0.25, 0.3) is 0 Å². The summed E-state index contributed by atoms with van der Waals surface area (Å²) in [5.74, 6) is 0.181. The Morgan fingerprint density at radius 2 is 1.63 bits per heavy atom. The van der Waals surface area contributed by atoms with Gasteiger partial charge in [-0.05, 0) is 29.7 Å². The van der Waals surface area contributed by atoms with E-state index in [1.54, 1.807) is 0 Å². The summed E-state index contributed by atoms with van der Waals surface area (Å²) in [5.41, 5.74) is 4.26. The lowest BCUT2D eigenvalue weighted by atomic mass is 10.1. The summed E-state index contributed by atoms with van der Waals surface area (Å²) < 4.78 is 0. The van der Waals surface area contributed by atoms with Gasteiger partial charge in [0.15, 0.2) is 0 Å². The smallest absolute Gasteiger partial charge is 0.227 e. The Labute approximate surface area is 161 Å². The molecular formula is C22H28N3O2+. The van der Waals surface area contributed by atoms with Crippen molar-refractivity contribution < 1.29 is 14.5 Å². The van der Waals surface area contributed by atoms with Crippen LogP contribution < -0.4 is 15.1 Å². The number of nitrogens with zero attached hydrogens (tertiary/aromatic N) is 1. The van der Waals surface area contributed by atoms with Crippen LogP contribution in [0, 0.1) is 0 Å². The van der Waals surface area contributed by atoms with Gasteiger partial charge in [0, 0.05) is 30.8 Å². The molecule has 0 saturated carbocycles. The Kier molecular flexibility index (Phi) is 6.24. The molecule has 5 heteroatoms. The number of rotatable bonds is 7. The van der Waals surface area contributed by atoms with Crippen LogP contribution in [0.1, 0.15) is 29.5 Å². The van der Waals surface area contributed by atoms with Gasteiger partial charge in [-0.3, -0.25) is 9.59 Å². The molecule has 0 unspecified atom stereocenters. The number of carbonyl (C=O) groups excluding carboxylic acids is 2. The largest absolute Gasteiger partial charge is 0.352 e. The van der Waals surface area contributed by atoms with Crippen LogP contribution in [0.4, 0.5) is 5.69 Å². The Morgan fingerprint density at radius 1 is 1.00 bits per heavy atom. The maximum Gasteiger partial charge on any atom is 0.227 e. The summed E-state index contributed by atoms with van der Waals surface area (Å²) in [6.45, 7) is 2.31. The van der Waals surface area contributed by atoms with Crippen molar-refractivity contribution >= 4 is 17.5 Å². The second kappa shape index (κ2) is 8.82. The van der Waals surface area contributed by atoms with Gasteiger partial charge in [-0.2, -0.15) is 0 Å². The van der Waals surface area contributed by atoms with Gasteiger partial charge in [0.05, 0.1) is 20.5 Å². The van der Waals surface area contributed by atoms with Gasteiger partial charge < -0.3 is 15.1 Å². The molecule has 2 aromatic rings. The molecule has 142 valence electrons. The minimum atomic E-state index is 0.00168. The summed E-state index contributed by atoms with van der Waals surface area (Å²) in [5, 5.41) is 2.98. The molecule has 27 heavy (non-hydrogen) atoms.